The van der Waals surface area contributed by atoms with Crippen LogP contribution in [0.15, 0.2) is 60.7 Å². The van der Waals surface area contributed by atoms with E-state index in [1.807, 2.05) is 0 Å². The number of nitrogens with zero attached hydrogens (tertiary/aromatic N) is 2. The van der Waals surface area contributed by atoms with Crippen LogP contribution in [0.4, 0.5) is 0 Å². The van der Waals surface area contributed by atoms with Crippen LogP contribution in [-0.2, 0) is 13.1 Å². The van der Waals surface area contributed by atoms with Gasteiger partial charge in [0.15, 0.2) is 0 Å². The number of nitrogens with two attached hydrogens (primary N) is 2. The molecule has 1 fully saturated rings. The molecule has 1 aliphatic heterocycles. The summed E-state index contributed by atoms with van der Waals surface area (Å²) >= 11 is 0. The molecule has 0 spiro atoms. The Kier molecular flexibility index (Phi) is 17.1. The smallest absolute Gasteiger partial charge is 0.0985 e. The fourth-order valence-corrected chi connectivity index (χ4v) is 5.51. The maximum Gasteiger partial charge on any atom is 0.0985 e. The van der Waals surface area contributed by atoms with Crippen LogP contribution >= 0.6 is 0 Å². The first-order valence-corrected chi connectivity index (χ1v) is 13.9. The van der Waals surface area contributed by atoms with E-state index in [0.717, 1.165) is 13.1 Å². The van der Waals surface area contributed by atoms with Gasteiger partial charge in [0.2, 0.25) is 0 Å². The SMILES string of the molecule is CC[C@@H]1CN(Cc2ccccc2)[C@H](CC)C[NH2+][C@H](CC)CN(Cc2ccccc2)[C@H](CC)C[NH2+]1.[Br-].[Br-]. The van der Waals surface area contributed by atoms with Crippen LogP contribution in [-0.4, -0.2) is 60.1 Å². The number of benzene rings is 2. The van der Waals surface area contributed by atoms with Gasteiger partial charge in [0.1, 0.15) is 0 Å². The van der Waals surface area contributed by atoms with Crippen molar-refractivity contribution in [3.8, 4) is 0 Å². The van der Waals surface area contributed by atoms with Crippen LogP contribution < -0.4 is 44.6 Å². The lowest BCUT2D eigenvalue weighted by atomic mass is 10.0. The van der Waals surface area contributed by atoms with Crippen LogP contribution in [0.25, 0.3) is 0 Å². The predicted molar refractivity (Wildman–Crippen MR) is 144 cm³/mol. The summed E-state index contributed by atoms with van der Waals surface area (Å²) in [6.45, 7) is 16.3. The molecule has 204 valence electrons. The third-order valence-corrected chi connectivity index (χ3v) is 7.90. The van der Waals surface area contributed by atoms with E-state index in [-0.39, 0.29) is 34.0 Å². The van der Waals surface area contributed by atoms with Crippen molar-refractivity contribution in [3.05, 3.63) is 71.8 Å². The van der Waals surface area contributed by atoms with Gasteiger partial charge in [0, 0.05) is 13.1 Å². The molecule has 2 aromatic carbocycles. The molecule has 0 amide bonds. The molecule has 0 aliphatic carbocycles. The monoisotopic (exact) mass is 624 g/mol. The molecule has 4 N–H and O–H groups in total. The standard InChI is InChI=1S/C30H48N4.2BrH/c1-5-27-23-33(21-25-15-11-9-12-16-25)30(8-4)20-32-28(6-2)24-34(29(7-3)19-31-27)22-26-17-13-10-14-18-26;;/h9-18,27-32H,5-8,19-24H2,1-4H3;2*1H/t27-,28-,29-,30-;;/m1../s1. The van der Waals surface area contributed by atoms with Crippen molar-refractivity contribution in [1.82, 2.24) is 9.80 Å². The molecular weight excluding hydrogens is 576 g/mol. The summed E-state index contributed by atoms with van der Waals surface area (Å²) < 4.78 is 0. The Bertz CT molecular complexity index is 725. The van der Waals surface area contributed by atoms with E-state index in [1.54, 1.807) is 0 Å². The average molecular weight is 627 g/mol. The first-order valence-electron chi connectivity index (χ1n) is 13.9. The van der Waals surface area contributed by atoms with Crippen molar-refractivity contribution in [1.29, 1.82) is 0 Å². The summed E-state index contributed by atoms with van der Waals surface area (Å²) in [5.74, 6) is 0. The molecule has 1 heterocycles. The molecule has 4 nitrogen and oxygen atoms in total. The third-order valence-electron chi connectivity index (χ3n) is 7.90. The minimum Gasteiger partial charge on any atom is -1.00 e. The zero-order valence-corrected chi connectivity index (χ0v) is 26.1. The first-order chi connectivity index (χ1) is 16.7. The lowest BCUT2D eigenvalue weighted by Crippen LogP contribution is -3.00. The number of hydrogen-bond donors (Lipinski definition) is 2. The minimum atomic E-state index is 0. The Morgan fingerprint density at radius 1 is 0.583 bits per heavy atom. The van der Waals surface area contributed by atoms with Gasteiger partial charge in [-0.15, -0.1) is 0 Å². The number of halogens is 2. The van der Waals surface area contributed by atoms with E-state index in [4.69, 9.17) is 0 Å². The van der Waals surface area contributed by atoms with Gasteiger partial charge < -0.3 is 44.6 Å². The fourth-order valence-electron chi connectivity index (χ4n) is 5.51. The van der Waals surface area contributed by atoms with E-state index in [9.17, 15) is 0 Å². The molecule has 0 aromatic heterocycles. The van der Waals surface area contributed by atoms with Crippen LogP contribution in [0.5, 0.6) is 0 Å². The maximum atomic E-state index is 2.79. The van der Waals surface area contributed by atoms with Crippen LogP contribution in [0.3, 0.4) is 0 Å². The second-order valence-corrected chi connectivity index (χ2v) is 10.2. The molecule has 2 aromatic rings. The van der Waals surface area contributed by atoms with E-state index >= 15 is 0 Å². The molecule has 6 heteroatoms. The van der Waals surface area contributed by atoms with Crippen molar-refractivity contribution in [2.24, 2.45) is 0 Å². The quantitative estimate of drug-likeness (QED) is 0.334. The fraction of sp³-hybridized carbons (Fsp3) is 0.600. The molecule has 0 radical (unpaired) electrons. The maximum absolute atomic E-state index is 2.79. The van der Waals surface area contributed by atoms with Crippen LogP contribution in [0, 0.1) is 0 Å². The summed E-state index contributed by atoms with van der Waals surface area (Å²) in [7, 11) is 0. The molecule has 0 unspecified atom stereocenters. The van der Waals surface area contributed by atoms with Crippen molar-refractivity contribution in [3.63, 3.8) is 0 Å². The second-order valence-electron chi connectivity index (χ2n) is 10.2. The number of rotatable bonds is 8. The largest absolute Gasteiger partial charge is 1.00 e. The molecule has 1 aliphatic rings. The Hall–Kier alpha value is -0.760. The second kappa shape index (κ2) is 18.5. The van der Waals surface area contributed by atoms with Gasteiger partial charge in [-0.1, -0.05) is 88.4 Å². The summed E-state index contributed by atoms with van der Waals surface area (Å²) in [5, 5.41) is 5.34. The van der Waals surface area contributed by atoms with Gasteiger partial charge in [0.25, 0.3) is 0 Å². The van der Waals surface area contributed by atoms with Gasteiger partial charge >= 0.3 is 0 Å². The molecule has 1 saturated heterocycles. The minimum absolute atomic E-state index is 0. The highest BCUT2D eigenvalue weighted by atomic mass is 79.9. The molecule has 36 heavy (non-hydrogen) atoms. The van der Waals surface area contributed by atoms with Crippen LogP contribution in [0.2, 0.25) is 0 Å². The molecule has 0 saturated carbocycles. The summed E-state index contributed by atoms with van der Waals surface area (Å²) in [6, 6.07) is 24.7. The molecule has 0 bridgehead atoms. The normalized spacial score (nSPS) is 24.6. The number of hydrogen-bond acceptors (Lipinski definition) is 2. The van der Waals surface area contributed by atoms with Gasteiger partial charge in [-0.25, -0.2) is 0 Å². The van der Waals surface area contributed by atoms with Gasteiger partial charge in [-0.3, -0.25) is 9.80 Å². The van der Waals surface area contributed by atoms with Crippen molar-refractivity contribution in [2.45, 2.75) is 90.6 Å². The van der Waals surface area contributed by atoms with E-state index in [2.05, 4.69) is 109 Å². The average Bonchev–Trinajstić information content (AvgIpc) is 2.87. The van der Waals surface area contributed by atoms with Crippen molar-refractivity contribution in [2.75, 3.05) is 26.2 Å². The van der Waals surface area contributed by atoms with Crippen molar-refractivity contribution < 1.29 is 44.6 Å². The predicted octanol–water partition coefficient (Wildman–Crippen LogP) is -2.75. The lowest BCUT2D eigenvalue weighted by molar-refractivity contribution is -0.703. The van der Waals surface area contributed by atoms with Crippen LogP contribution in [0.1, 0.15) is 64.5 Å². The third kappa shape index (κ3) is 10.5. The van der Waals surface area contributed by atoms with Gasteiger partial charge in [0.05, 0.1) is 50.3 Å². The Labute approximate surface area is 242 Å². The van der Waals surface area contributed by atoms with Gasteiger partial charge in [-0.05, 0) is 36.8 Å². The van der Waals surface area contributed by atoms with E-state index in [1.165, 1.54) is 63.0 Å². The highest BCUT2D eigenvalue weighted by Gasteiger charge is 2.29. The topological polar surface area (TPSA) is 39.7 Å². The molecule has 4 atom stereocenters. The Morgan fingerprint density at radius 2 is 0.944 bits per heavy atom. The highest BCUT2D eigenvalue weighted by Crippen LogP contribution is 2.14. The van der Waals surface area contributed by atoms with Crippen molar-refractivity contribution >= 4 is 0 Å². The number of quaternary nitrogens is 2. The zero-order valence-electron chi connectivity index (χ0n) is 23.0. The van der Waals surface area contributed by atoms with E-state index < -0.39 is 0 Å². The summed E-state index contributed by atoms with van der Waals surface area (Å²) in [4.78, 5) is 5.57. The van der Waals surface area contributed by atoms with Gasteiger partial charge in [-0.2, -0.15) is 0 Å². The lowest BCUT2D eigenvalue weighted by Gasteiger charge is -2.37. The Balaban J connectivity index is 0.00000324. The highest BCUT2D eigenvalue weighted by molar-refractivity contribution is 5.15. The summed E-state index contributed by atoms with van der Waals surface area (Å²) in [6.07, 6.45) is 4.86. The van der Waals surface area contributed by atoms with E-state index in [0.29, 0.717) is 24.2 Å². The summed E-state index contributed by atoms with van der Waals surface area (Å²) in [5.41, 5.74) is 2.88. The molecular formula is C30H50Br2N4. The Morgan fingerprint density at radius 3 is 1.25 bits per heavy atom. The molecule has 3 rings (SSSR count). The zero-order chi connectivity index (χ0) is 24.2. The first kappa shape index (κ1) is 33.3.